The van der Waals surface area contributed by atoms with E-state index in [9.17, 15) is 14.9 Å². The van der Waals surface area contributed by atoms with Crippen LogP contribution >= 0.6 is 11.6 Å². The molecule has 0 saturated heterocycles. The van der Waals surface area contributed by atoms with Gasteiger partial charge in [-0.05, 0) is 24.1 Å². The number of nitrogens with one attached hydrogen (secondary N) is 1. The Morgan fingerprint density at radius 2 is 2.24 bits per heavy atom. The lowest BCUT2D eigenvalue weighted by atomic mass is 10.2. The van der Waals surface area contributed by atoms with Gasteiger partial charge in [0.25, 0.3) is 0 Å². The van der Waals surface area contributed by atoms with Crippen molar-refractivity contribution in [2.45, 2.75) is 26.7 Å². The number of halogens is 1. The monoisotopic (exact) mass is 312 g/mol. The molecule has 0 aliphatic carbocycles. The Balaban J connectivity index is 2.72. The molecule has 0 aromatic heterocycles. The highest BCUT2D eigenvalue weighted by Gasteiger charge is 2.09. The van der Waals surface area contributed by atoms with E-state index in [0.29, 0.717) is 12.1 Å². The normalized spacial score (nSPS) is 11.1. The largest absolute Gasteiger partial charge is 0.412 e. The van der Waals surface area contributed by atoms with Gasteiger partial charge in [0, 0.05) is 19.5 Å². The molecule has 1 aromatic carbocycles. The Hall–Kier alpha value is -2.08. The quantitative estimate of drug-likeness (QED) is 0.491. The van der Waals surface area contributed by atoms with Gasteiger partial charge < -0.3 is 10.1 Å². The van der Waals surface area contributed by atoms with Gasteiger partial charge >= 0.3 is 6.09 Å². The topological polar surface area (TPSA) is 81.5 Å². The predicted molar refractivity (Wildman–Crippen MR) is 81.0 cm³/mol. The molecule has 114 valence electrons. The molecule has 7 heteroatoms. The molecule has 0 heterocycles. The van der Waals surface area contributed by atoms with Gasteiger partial charge in [-0.1, -0.05) is 31.0 Å². The number of ether oxygens (including phenoxy) is 1. The zero-order valence-corrected chi connectivity index (χ0v) is 12.6. The Labute approximate surface area is 127 Å². The van der Waals surface area contributed by atoms with Crippen LogP contribution in [0.3, 0.4) is 0 Å². The Kier molecular flexibility index (Phi) is 6.68. The molecule has 0 radical (unpaired) electrons. The molecule has 0 fully saturated rings. The van der Waals surface area contributed by atoms with E-state index < -0.39 is 11.0 Å². The molecule has 0 saturated carbocycles. The summed E-state index contributed by atoms with van der Waals surface area (Å²) in [7, 11) is 0. The highest BCUT2D eigenvalue weighted by molar-refractivity contribution is 6.32. The number of hydrogen-bond donors (Lipinski definition) is 1. The summed E-state index contributed by atoms with van der Waals surface area (Å²) >= 11 is 5.99. The fourth-order valence-electron chi connectivity index (χ4n) is 1.49. The van der Waals surface area contributed by atoms with E-state index >= 15 is 0 Å². The number of nitrogens with zero attached hydrogens (tertiary/aromatic N) is 1. The van der Waals surface area contributed by atoms with Crippen molar-refractivity contribution in [2.24, 2.45) is 0 Å². The third kappa shape index (κ3) is 5.83. The molecular weight excluding hydrogens is 296 g/mol. The number of rotatable bonds is 6. The van der Waals surface area contributed by atoms with E-state index in [4.69, 9.17) is 16.3 Å². The van der Waals surface area contributed by atoms with Crippen LogP contribution in [0.2, 0.25) is 5.02 Å². The van der Waals surface area contributed by atoms with Crippen LogP contribution in [0.5, 0.6) is 5.75 Å². The minimum absolute atomic E-state index is 0.00274. The second kappa shape index (κ2) is 8.26. The average Bonchev–Trinajstić information content (AvgIpc) is 2.42. The summed E-state index contributed by atoms with van der Waals surface area (Å²) in [5.74, 6) is 0.210. The van der Waals surface area contributed by atoms with Crippen molar-refractivity contribution >= 4 is 23.8 Å². The second-order valence-electron chi connectivity index (χ2n) is 4.40. The SMILES string of the molecule is CCCCNC(=O)Oc1ccc(C=C(C)[N+](=O)[O-])cc1Cl. The number of unbranched alkanes of at least 4 members (excludes halogenated alkanes) is 1. The first-order chi connectivity index (χ1) is 9.93. The molecule has 0 aliphatic rings. The minimum atomic E-state index is -0.574. The molecule has 0 atom stereocenters. The fraction of sp³-hybridized carbons (Fsp3) is 0.357. The van der Waals surface area contributed by atoms with E-state index in [1.165, 1.54) is 25.1 Å². The van der Waals surface area contributed by atoms with Crippen molar-refractivity contribution in [3.63, 3.8) is 0 Å². The fourth-order valence-corrected chi connectivity index (χ4v) is 1.71. The van der Waals surface area contributed by atoms with Crippen LogP contribution in [0.15, 0.2) is 23.9 Å². The van der Waals surface area contributed by atoms with Crippen LogP contribution < -0.4 is 10.1 Å². The van der Waals surface area contributed by atoms with Gasteiger partial charge in [0.1, 0.15) is 0 Å². The van der Waals surface area contributed by atoms with Crippen LogP contribution in [0.1, 0.15) is 32.3 Å². The number of benzene rings is 1. The van der Waals surface area contributed by atoms with Gasteiger partial charge in [-0.2, -0.15) is 0 Å². The summed E-state index contributed by atoms with van der Waals surface area (Å²) < 4.78 is 5.06. The minimum Gasteiger partial charge on any atom is -0.409 e. The van der Waals surface area contributed by atoms with E-state index in [0.717, 1.165) is 12.8 Å². The highest BCUT2D eigenvalue weighted by Crippen LogP contribution is 2.26. The van der Waals surface area contributed by atoms with Gasteiger partial charge in [0.2, 0.25) is 5.70 Å². The molecule has 1 aromatic rings. The summed E-state index contributed by atoms with van der Waals surface area (Å²) in [5, 5.41) is 13.4. The molecule has 0 bridgehead atoms. The summed E-state index contributed by atoms with van der Waals surface area (Å²) in [4.78, 5) is 21.6. The average molecular weight is 313 g/mol. The van der Waals surface area contributed by atoms with Crippen LogP contribution in [-0.2, 0) is 0 Å². The second-order valence-corrected chi connectivity index (χ2v) is 4.81. The van der Waals surface area contributed by atoms with E-state index in [-0.39, 0.29) is 16.5 Å². The van der Waals surface area contributed by atoms with E-state index in [1.54, 1.807) is 6.07 Å². The first-order valence-corrected chi connectivity index (χ1v) is 6.89. The predicted octanol–water partition coefficient (Wildman–Crippen LogP) is 3.87. The van der Waals surface area contributed by atoms with Crippen molar-refractivity contribution in [3.8, 4) is 5.75 Å². The first-order valence-electron chi connectivity index (χ1n) is 6.52. The van der Waals surface area contributed by atoms with Crippen LogP contribution in [0, 0.1) is 10.1 Å². The molecule has 21 heavy (non-hydrogen) atoms. The summed E-state index contributed by atoms with van der Waals surface area (Å²) in [6, 6.07) is 4.59. The standard InChI is InChI=1S/C14H17ClN2O4/c1-3-4-7-16-14(18)21-13-6-5-11(9-12(13)15)8-10(2)17(19)20/h5-6,8-9H,3-4,7H2,1-2H3,(H,16,18). The third-order valence-electron chi connectivity index (χ3n) is 2.62. The lowest BCUT2D eigenvalue weighted by Gasteiger charge is -2.08. The summed E-state index contributed by atoms with van der Waals surface area (Å²) in [5.41, 5.74) is 0.560. The zero-order valence-electron chi connectivity index (χ0n) is 11.9. The van der Waals surface area contributed by atoms with Crippen molar-refractivity contribution in [1.29, 1.82) is 0 Å². The number of carbonyl (C=O) groups excluding carboxylic acids is 1. The zero-order chi connectivity index (χ0) is 15.8. The van der Waals surface area contributed by atoms with Gasteiger partial charge in [-0.25, -0.2) is 4.79 Å². The van der Waals surface area contributed by atoms with Gasteiger partial charge in [0.05, 0.1) is 9.95 Å². The molecule has 6 nitrogen and oxygen atoms in total. The number of hydrogen-bond acceptors (Lipinski definition) is 4. The highest BCUT2D eigenvalue weighted by atomic mass is 35.5. The van der Waals surface area contributed by atoms with Gasteiger partial charge in [0.15, 0.2) is 5.75 Å². The Morgan fingerprint density at radius 3 is 2.81 bits per heavy atom. The molecule has 0 spiro atoms. The van der Waals surface area contributed by atoms with Crippen molar-refractivity contribution < 1.29 is 14.5 Å². The molecule has 1 rings (SSSR count). The first kappa shape index (κ1) is 17.0. The van der Waals surface area contributed by atoms with E-state index in [2.05, 4.69) is 5.32 Å². The van der Waals surface area contributed by atoms with E-state index in [1.807, 2.05) is 6.92 Å². The maximum Gasteiger partial charge on any atom is 0.412 e. The molecule has 1 amide bonds. The van der Waals surface area contributed by atoms with Crippen LogP contribution in [0.4, 0.5) is 4.79 Å². The number of carbonyl (C=O) groups is 1. The van der Waals surface area contributed by atoms with Crippen LogP contribution in [-0.4, -0.2) is 17.6 Å². The Bertz CT molecular complexity index is 558. The lowest BCUT2D eigenvalue weighted by molar-refractivity contribution is -0.422. The molecule has 1 N–H and O–H groups in total. The van der Waals surface area contributed by atoms with Crippen molar-refractivity contribution in [2.75, 3.05) is 6.54 Å². The summed E-state index contributed by atoms with van der Waals surface area (Å²) in [6.45, 7) is 3.94. The number of allylic oxidation sites excluding steroid dienone is 1. The maximum atomic E-state index is 11.5. The summed E-state index contributed by atoms with van der Waals surface area (Å²) in [6.07, 6.45) is 2.65. The molecular formula is C14H17ClN2O4. The Morgan fingerprint density at radius 1 is 1.52 bits per heavy atom. The van der Waals surface area contributed by atoms with Crippen molar-refractivity contribution in [3.05, 3.63) is 44.6 Å². The van der Waals surface area contributed by atoms with Crippen LogP contribution in [0.25, 0.3) is 6.08 Å². The molecule has 0 unspecified atom stereocenters. The van der Waals surface area contributed by atoms with Crippen molar-refractivity contribution in [1.82, 2.24) is 5.32 Å². The molecule has 0 aliphatic heterocycles. The van der Waals surface area contributed by atoms with Gasteiger partial charge in [-0.15, -0.1) is 0 Å². The number of amides is 1. The maximum absolute atomic E-state index is 11.5. The number of nitro groups is 1. The van der Waals surface area contributed by atoms with Gasteiger partial charge in [-0.3, -0.25) is 10.1 Å². The smallest absolute Gasteiger partial charge is 0.409 e. The lowest BCUT2D eigenvalue weighted by Crippen LogP contribution is -2.27. The third-order valence-corrected chi connectivity index (χ3v) is 2.92.